The highest BCUT2D eigenvalue weighted by atomic mass is 19.4. The molecule has 2 aromatic heterocycles. The van der Waals surface area contributed by atoms with Crippen molar-refractivity contribution in [2.45, 2.75) is 38.0 Å². The summed E-state index contributed by atoms with van der Waals surface area (Å²) < 4.78 is 64.9. The average molecular weight is 539 g/mol. The topological polar surface area (TPSA) is 90.9 Å². The second kappa shape index (κ2) is 11.5. The summed E-state index contributed by atoms with van der Waals surface area (Å²) in [4.78, 5) is 21.3. The number of nitrogens with zero attached hydrogens (tertiary/aromatic N) is 3. The number of nitrogens with one attached hydrogen (secondary N) is 1. The lowest BCUT2D eigenvalue weighted by Crippen LogP contribution is -2.47. The van der Waals surface area contributed by atoms with E-state index in [2.05, 4.69) is 9.97 Å². The summed E-state index contributed by atoms with van der Waals surface area (Å²) in [5.74, 6) is 0.405. The summed E-state index contributed by atoms with van der Waals surface area (Å²) >= 11 is 0. The number of carboxylic acid groups (broad SMARTS) is 1. The summed E-state index contributed by atoms with van der Waals surface area (Å²) in [6, 6.07) is 7.86. The number of methoxy groups -OCH3 is 1. The van der Waals surface area contributed by atoms with Crippen LogP contribution in [0.1, 0.15) is 36.2 Å². The summed E-state index contributed by atoms with van der Waals surface area (Å²) in [6.45, 7) is -0.0680. The zero-order chi connectivity index (χ0) is 27.4. The Kier molecular flexibility index (Phi) is 8.29. The van der Waals surface area contributed by atoms with Gasteiger partial charge in [0.15, 0.2) is 0 Å². The van der Waals surface area contributed by atoms with Crippen molar-refractivity contribution >= 4 is 17.0 Å². The van der Waals surface area contributed by atoms with Crippen molar-refractivity contribution in [3.05, 3.63) is 53.3 Å². The van der Waals surface area contributed by atoms with Gasteiger partial charge in [-0.05, 0) is 31.4 Å². The Morgan fingerprint density at radius 1 is 1.29 bits per heavy atom. The van der Waals surface area contributed by atoms with Gasteiger partial charge in [0.2, 0.25) is 5.88 Å². The van der Waals surface area contributed by atoms with Crippen LogP contribution < -0.4 is 9.47 Å². The molecule has 1 aromatic carbocycles. The molecule has 3 aromatic rings. The van der Waals surface area contributed by atoms with Gasteiger partial charge in [-0.25, -0.2) is 9.78 Å². The summed E-state index contributed by atoms with van der Waals surface area (Å²) in [5.41, 5.74) is 2.86. The van der Waals surface area contributed by atoms with Crippen molar-refractivity contribution in [3.8, 4) is 11.6 Å². The highest BCUT2D eigenvalue weighted by Gasteiger charge is 2.43. The van der Waals surface area contributed by atoms with Crippen LogP contribution >= 0.6 is 0 Å². The Morgan fingerprint density at radius 3 is 2.74 bits per heavy atom. The number of aromatic amines is 1. The number of halogens is 4. The van der Waals surface area contributed by atoms with Gasteiger partial charge in [-0.15, -0.1) is 0 Å². The van der Waals surface area contributed by atoms with Crippen LogP contribution in [0.3, 0.4) is 0 Å². The predicted molar refractivity (Wildman–Crippen MR) is 133 cm³/mol. The first kappa shape index (κ1) is 27.5. The summed E-state index contributed by atoms with van der Waals surface area (Å²) in [7, 11) is 1.42. The van der Waals surface area contributed by atoms with E-state index < -0.39 is 37.6 Å². The van der Waals surface area contributed by atoms with Gasteiger partial charge in [0.25, 0.3) is 0 Å². The van der Waals surface area contributed by atoms with Crippen LogP contribution in [0.4, 0.5) is 22.4 Å². The number of fused-ring (bicyclic) bond motifs is 3. The first-order valence-corrected chi connectivity index (χ1v) is 12.3. The molecule has 0 bridgehead atoms. The van der Waals surface area contributed by atoms with E-state index in [4.69, 9.17) is 9.47 Å². The molecule has 12 heteroatoms. The van der Waals surface area contributed by atoms with E-state index >= 15 is 0 Å². The maximum absolute atomic E-state index is 13.7. The van der Waals surface area contributed by atoms with Crippen molar-refractivity contribution < 1.29 is 36.9 Å². The third-order valence-corrected chi connectivity index (χ3v) is 6.71. The smallest absolute Gasteiger partial charge is 0.407 e. The van der Waals surface area contributed by atoms with E-state index in [1.165, 1.54) is 24.3 Å². The minimum absolute atomic E-state index is 0.0199. The number of para-hydroxylation sites is 1. The zero-order valence-electron chi connectivity index (χ0n) is 21.1. The van der Waals surface area contributed by atoms with Crippen LogP contribution in [0.15, 0.2) is 36.5 Å². The molecule has 0 unspecified atom stereocenters. The molecule has 8 nitrogen and oxygen atoms in total. The highest BCUT2D eigenvalue weighted by Crippen LogP contribution is 2.45. The molecular weight excluding hydrogens is 508 g/mol. The molecule has 3 heterocycles. The number of carbonyl (C=O) groups is 1. The van der Waals surface area contributed by atoms with E-state index in [1.54, 1.807) is 6.92 Å². The molecule has 206 valence electrons. The van der Waals surface area contributed by atoms with Crippen LogP contribution in [-0.2, 0) is 6.42 Å². The number of hydrogen-bond acceptors (Lipinski definition) is 5. The highest BCUT2D eigenvalue weighted by molar-refractivity contribution is 5.85. The number of benzene rings is 1. The molecule has 2 atom stereocenters. The Bertz CT molecular complexity index is 1270. The number of pyridine rings is 1. The van der Waals surface area contributed by atoms with E-state index in [-0.39, 0.29) is 32.0 Å². The van der Waals surface area contributed by atoms with Crippen molar-refractivity contribution in [3.63, 3.8) is 0 Å². The fourth-order valence-electron chi connectivity index (χ4n) is 5.01. The molecule has 0 saturated heterocycles. The fraction of sp³-hybridized carbons (Fsp3) is 0.462. The van der Waals surface area contributed by atoms with E-state index in [9.17, 15) is 27.5 Å². The van der Waals surface area contributed by atoms with Crippen molar-refractivity contribution in [1.82, 2.24) is 19.8 Å². The number of aromatic nitrogens is 2. The number of rotatable bonds is 10. The van der Waals surface area contributed by atoms with Crippen LogP contribution in [-0.4, -0.2) is 83.2 Å². The SMILES string of the molecule is COc1cnc(OCCN(CCCF)C(=O)O)cc1[C@@H]1c2[nH]c3ccccc3c2C[C@@H](C)N1CC(F)(F)F. The summed E-state index contributed by atoms with van der Waals surface area (Å²) in [5, 5.41) is 10.3. The number of H-pyrrole nitrogens is 1. The van der Waals surface area contributed by atoms with Crippen LogP contribution in [0.5, 0.6) is 11.6 Å². The standard InChI is InChI=1S/C26H30F4N4O4/c1-16-12-18-17-6-3-4-7-20(17)32-23(18)24(34(16)15-26(28,29)30)19-13-22(31-14-21(19)37-2)38-11-10-33(25(35)36)9-5-8-27/h3-4,6-7,13-14,16,24,32H,5,8-12,15H2,1-2H3,(H,35,36)/t16-,24-/m1/s1. The molecule has 0 saturated carbocycles. The Morgan fingerprint density at radius 2 is 2.05 bits per heavy atom. The van der Waals surface area contributed by atoms with Crippen LogP contribution in [0.25, 0.3) is 10.9 Å². The molecule has 38 heavy (non-hydrogen) atoms. The molecule has 0 spiro atoms. The Balaban J connectivity index is 1.71. The largest absolute Gasteiger partial charge is 0.495 e. The van der Waals surface area contributed by atoms with Gasteiger partial charge in [0.05, 0.1) is 39.1 Å². The Hall–Kier alpha value is -3.54. The average Bonchev–Trinajstić information content (AvgIpc) is 3.23. The maximum Gasteiger partial charge on any atom is 0.407 e. The fourth-order valence-corrected chi connectivity index (χ4v) is 5.01. The monoisotopic (exact) mass is 538 g/mol. The van der Waals surface area contributed by atoms with Crippen molar-refractivity contribution in [2.24, 2.45) is 0 Å². The lowest BCUT2D eigenvalue weighted by atomic mass is 9.88. The Labute approximate surface area is 217 Å². The normalized spacial score (nSPS) is 17.8. The van der Waals surface area contributed by atoms with Crippen LogP contribution in [0, 0.1) is 0 Å². The molecular formula is C26H30F4N4O4. The van der Waals surface area contributed by atoms with Gasteiger partial charge in [-0.2, -0.15) is 13.2 Å². The van der Waals surface area contributed by atoms with E-state index in [0.29, 0.717) is 23.4 Å². The number of alkyl halides is 4. The second-order valence-electron chi connectivity index (χ2n) is 9.23. The molecule has 0 aliphatic carbocycles. The zero-order valence-corrected chi connectivity index (χ0v) is 21.1. The van der Waals surface area contributed by atoms with Gasteiger partial charge < -0.3 is 24.5 Å². The number of ether oxygens (including phenoxy) is 2. The molecule has 1 aliphatic rings. The van der Waals surface area contributed by atoms with E-state index in [1.807, 2.05) is 24.3 Å². The lowest BCUT2D eigenvalue weighted by molar-refractivity contribution is -0.155. The van der Waals surface area contributed by atoms with Gasteiger partial charge in [-0.3, -0.25) is 9.29 Å². The molecule has 2 N–H and O–H groups in total. The van der Waals surface area contributed by atoms with Crippen molar-refractivity contribution in [2.75, 3.05) is 40.0 Å². The molecule has 1 amide bonds. The van der Waals surface area contributed by atoms with Gasteiger partial charge in [-0.1, -0.05) is 18.2 Å². The predicted octanol–water partition coefficient (Wildman–Crippen LogP) is 5.19. The first-order valence-electron chi connectivity index (χ1n) is 12.3. The minimum Gasteiger partial charge on any atom is -0.495 e. The second-order valence-corrected chi connectivity index (χ2v) is 9.23. The first-order chi connectivity index (χ1) is 18.1. The minimum atomic E-state index is -4.43. The maximum atomic E-state index is 13.7. The van der Waals surface area contributed by atoms with Gasteiger partial charge >= 0.3 is 12.3 Å². The molecule has 1 aliphatic heterocycles. The lowest BCUT2D eigenvalue weighted by Gasteiger charge is -2.41. The van der Waals surface area contributed by atoms with Crippen LogP contribution in [0.2, 0.25) is 0 Å². The molecule has 0 fully saturated rings. The molecule has 4 rings (SSSR count). The van der Waals surface area contributed by atoms with Gasteiger partial charge in [0.1, 0.15) is 12.4 Å². The van der Waals surface area contributed by atoms with Crippen molar-refractivity contribution in [1.29, 1.82) is 0 Å². The number of amides is 1. The van der Waals surface area contributed by atoms with Gasteiger partial charge in [0, 0.05) is 40.8 Å². The third kappa shape index (κ3) is 5.95. The van der Waals surface area contributed by atoms with E-state index in [0.717, 1.165) is 21.4 Å². The third-order valence-electron chi connectivity index (χ3n) is 6.71. The number of hydrogen-bond donors (Lipinski definition) is 2. The quantitative estimate of drug-likeness (QED) is 0.346. The summed E-state index contributed by atoms with van der Waals surface area (Å²) in [6.07, 6.45) is -3.74. The molecule has 0 radical (unpaired) electrons.